The molecule has 0 saturated carbocycles. The first kappa shape index (κ1) is 20.1. The molecule has 1 heterocycles. The lowest BCUT2D eigenvalue weighted by atomic mass is 9.99. The zero-order valence-electron chi connectivity index (χ0n) is 14.5. The minimum Gasteiger partial charge on any atom is -0.497 e. The Kier molecular flexibility index (Phi) is 7.57. The number of hydrogen-bond donors (Lipinski definition) is 4. The molecule has 1 aliphatic heterocycles. The zero-order valence-corrected chi connectivity index (χ0v) is 14.5. The molecule has 0 radical (unpaired) electrons. The van der Waals surface area contributed by atoms with Crippen LogP contribution in [0.3, 0.4) is 0 Å². The molecule has 0 amide bonds. The summed E-state index contributed by atoms with van der Waals surface area (Å²) in [4.78, 5) is 2.03. The third-order valence-corrected chi connectivity index (χ3v) is 4.22. The molecule has 8 heteroatoms. The highest BCUT2D eigenvalue weighted by atomic mass is 16.7. The second kappa shape index (κ2) is 9.44. The summed E-state index contributed by atoms with van der Waals surface area (Å²) < 4.78 is 15.9. The van der Waals surface area contributed by atoms with Crippen LogP contribution in [0.25, 0.3) is 0 Å². The lowest BCUT2D eigenvalue weighted by molar-refractivity contribution is -0.301. The fraction of sp³-hybridized carbons (Fsp3) is 0.647. The number of nitrogens with zero attached hydrogens (tertiary/aromatic N) is 1. The van der Waals surface area contributed by atoms with Gasteiger partial charge < -0.3 is 34.6 Å². The van der Waals surface area contributed by atoms with Crippen molar-refractivity contribution in [3.63, 3.8) is 0 Å². The van der Waals surface area contributed by atoms with E-state index in [0.29, 0.717) is 13.1 Å². The molecular formula is C17H27NO7. The number of ether oxygens (including phenoxy) is 3. The Labute approximate surface area is 147 Å². The topological polar surface area (TPSA) is 112 Å². The average Bonchev–Trinajstić information content (AvgIpc) is 2.62. The smallest absolute Gasteiger partial charge is 0.186 e. The highest BCUT2D eigenvalue weighted by Gasteiger charge is 2.43. The van der Waals surface area contributed by atoms with Crippen LogP contribution >= 0.6 is 0 Å². The van der Waals surface area contributed by atoms with Crippen LogP contribution in [0.5, 0.6) is 5.75 Å². The predicted octanol–water partition coefficient (Wildman–Crippen LogP) is -1.06. The van der Waals surface area contributed by atoms with E-state index in [4.69, 9.17) is 19.3 Å². The maximum Gasteiger partial charge on any atom is 0.186 e. The molecule has 0 spiro atoms. The summed E-state index contributed by atoms with van der Waals surface area (Å²) >= 11 is 0. The van der Waals surface area contributed by atoms with Crippen molar-refractivity contribution >= 4 is 0 Å². The van der Waals surface area contributed by atoms with Gasteiger partial charge in [0, 0.05) is 13.1 Å². The molecule has 0 bridgehead atoms. The van der Waals surface area contributed by atoms with Gasteiger partial charge in [-0.1, -0.05) is 12.1 Å². The van der Waals surface area contributed by atoms with Crippen LogP contribution in [-0.4, -0.2) is 89.9 Å². The number of likely N-dealkylation sites (N-methyl/N-ethyl adjacent to an activating group) is 1. The van der Waals surface area contributed by atoms with Crippen molar-refractivity contribution in [3.05, 3.63) is 29.8 Å². The second-order valence-corrected chi connectivity index (χ2v) is 6.15. The molecule has 142 valence electrons. The Bertz CT molecular complexity index is 510. The highest BCUT2D eigenvalue weighted by Crippen LogP contribution is 2.22. The summed E-state index contributed by atoms with van der Waals surface area (Å²) in [7, 11) is 3.55. The van der Waals surface area contributed by atoms with E-state index in [0.717, 1.165) is 11.3 Å². The van der Waals surface area contributed by atoms with Crippen molar-refractivity contribution < 1.29 is 34.6 Å². The first-order valence-electron chi connectivity index (χ1n) is 8.20. The van der Waals surface area contributed by atoms with Gasteiger partial charge in [-0.2, -0.15) is 0 Å². The molecule has 1 aromatic carbocycles. The van der Waals surface area contributed by atoms with E-state index in [-0.39, 0.29) is 6.61 Å². The maximum atomic E-state index is 9.90. The van der Waals surface area contributed by atoms with Crippen LogP contribution in [0.1, 0.15) is 5.56 Å². The molecule has 4 N–H and O–H groups in total. The Morgan fingerprint density at radius 3 is 2.36 bits per heavy atom. The number of aliphatic hydroxyl groups is 4. The van der Waals surface area contributed by atoms with Crippen molar-refractivity contribution in [1.82, 2.24) is 4.90 Å². The quantitative estimate of drug-likeness (QED) is 0.466. The van der Waals surface area contributed by atoms with Gasteiger partial charge in [0.15, 0.2) is 6.29 Å². The van der Waals surface area contributed by atoms with Crippen LogP contribution in [-0.2, 0) is 16.0 Å². The maximum absolute atomic E-state index is 9.90. The van der Waals surface area contributed by atoms with Gasteiger partial charge in [-0.15, -0.1) is 0 Å². The predicted molar refractivity (Wildman–Crippen MR) is 89.0 cm³/mol. The Morgan fingerprint density at radius 2 is 1.76 bits per heavy atom. The van der Waals surface area contributed by atoms with Gasteiger partial charge in [0.25, 0.3) is 0 Å². The molecule has 2 rings (SSSR count). The molecule has 8 nitrogen and oxygen atoms in total. The SMILES string of the molecule is COc1ccc(CN(C)CCO[C@@H]2O[C@H](CO)[C@@H](O)[C@H](O)[C@H]2O)cc1. The molecule has 0 aliphatic carbocycles. The van der Waals surface area contributed by atoms with Crippen molar-refractivity contribution in [1.29, 1.82) is 0 Å². The van der Waals surface area contributed by atoms with Crippen LogP contribution in [0.15, 0.2) is 24.3 Å². The fourth-order valence-electron chi connectivity index (χ4n) is 2.65. The highest BCUT2D eigenvalue weighted by molar-refractivity contribution is 5.27. The van der Waals surface area contributed by atoms with Crippen LogP contribution < -0.4 is 4.74 Å². The van der Waals surface area contributed by atoms with Crippen LogP contribution in [0.2, 0.25) is 0 Å². The zero-order chi connectivity index (χ0) is 18.4. The molecule has 5 atom stereocenters. The van der Waals surface area contributed by atoms with Crippen molar-refractivity contribution in [3.8, 4) is 5.75 Å². The first-order valence-corrected chi connectivity index (χ1v) is 8.20. The van der Waals surface area contributed by atoms with Gasteiger partial charge in [0.05, 0.1) is 20.3 Å². The summed E-state index contributed by atoms with van der Waals surface area (Å²) in [6, 6.07) is 7.75. The monoisotopic (exact) mass is 357 g/mol. The molecule has 1 aromatic rings. The van der Waals surface area contributed by atoms with E-state index < -0.39 is 37.3 Å². The van der Waals surface area contributed by atoms with Gasteiger partial charge in [0.1, 0.15) is 30.2 Å². The standard InChI is InChI=1S/C17H27NO7/c1-18(9-11-3-5-12(23-2)6-4-11)7-8-24-17-16(22)15(21)14(20)13(10-19)25-17/h3-6,13-17,19-22H,7-10H2,1-2H3/t13-,14-,15+,16-,17-/m1/s1. The Hall–Kier alpha value is -1.26. The lowest BCUT2D eigenvalue weighted by Gasteiger charge is -2.39. The van der Waals surface area contributed by atoms with Crippen molar-refractivity contribution in [2.45, 2.75) is 37.3 Å². The Morgan fingerprint density at radius 1 is 1.08 bits per heavy atom. The van der Waals surface area contributed by atoms with E-state index in [1.165, 1.54) is 0 Å². The van der Waals surface area contributed by atoms with E-state index in [9.17, 15) is 15.3 Å². The summed E-state index contributed by atoms with van der Waals surface area (Å²) in [5, 5.41) is 38.5. The largest absolute Gasteiger partial charge is 0.497 e. The van der Waals surface area contributed by atoms with Gasteiger partial charge in [0.2, 0.25) is 0 Å². The third-order valence-electron chi connectivity index (χ3n) is 4.22. The summed E-state index contributed by atoms with van der Waals surface area (Å²) in [5.41, 5.74) is 1.12. The normalized spacial score (nSPS) is 29.8. The average molecular weight is 357 g/mol. The molecule has 1 fully saturated rings. The Balaban J connectivity index is 1.76. The molecule has 0 aromatic heterocycles. The summed E-state index contributed by atoms with van der Waals surface area (Å²) in [5.74, 6) is 0.803. The fourth-order valence-corrected chi connectivity index (χ4v) is 2.65. The molecule has 25 heavy (non-hydrogen) atoms. The number of benzene rings is 1. The molecule has 0 unspecified atom stereocenters. The van der Waals surface area contributed by atoms with Crippen LogP contribution in [0.4, 0.5) is 0 Å². The second-order valence-electron chi connectivity index (χ2n) is 6.15. The lowest BCUT2D eigenvalue weighted by Crippen LogP contribution is -2.59. The van der Waals surface area contributed by atoms with E-state index >= 15 is 0 Å². The number of rotatable bonds is 8. The molecule has 1 aliphatic rings. The summed E-state index contributed by atoms with van der Waals surface area (Å²) in [6.07, 6.45) is -6.22. The van der Waals surface area contributed by atoms with Gasteiger partial charge >= 0.3 is 0 Å². The number of methoxy groups -OCH3 is 1. The van der Waals surface area contributed by atoms with Gasteiger partial charge in [-0.25, -0.2) is 0 Å². The third kappa shape index (κ3) is 5.35. The van der Waals surface area contributed by atoms with Crippen molar-refractivity contribution in [2.75, 3.05) is 33.9 Å². The summed E-state index contributed by atoms with van der Waals surface area (Å²) in [6.45, 7) is 1.07. The first-order chi connectivity index (χ1) is 12.0. The minimum atomic E-state index is -1.42. The van der Waals surface area contributed by atoms with E-state index in [1.54, 1.807) is 7.11 Å². The van der Waals surface area contributed by atoms with Gasteiger partial charge in [-0.3, -0.25) is 4.90 Å². The van der Waals surface area contributed by atoms with Crippen LogP contribution in [0, 0.1) is 0 Å². The molecule has 1 saturated heterocycles. The van der Waals surface area contributed by atoms with Crippen molar-refractivity contribution in [2.24, 2.45) is 0 Å². The van der Waals surface area contributed by atoms with Gasteiger partial charge in [-0.05, 0) is 24.7 Å². The number of aliphatic hydroxyl groups excluding tert-OH is 4. The van der Waals surface area contributed by atoms with E-state index in [2.05, 4.69) is 0 Å². The van der Waals surface area contributed by atoms with E-state index in [1.807, 2.05) is 36.2 Å². The minimum absolute atomic E-state index is 0.259. The number of hydrogen-bond acceptors (Lipinski definition) is 8. The molecular weight excluding hydrogens is 330 g/mol.